The SMILES string of the molecule is [CH2-]c1c(C)ccc[n+]1O.[Y]. The molecule has 3 heteroatoms. The van der Waals surface area contributed by atoms with Crippen LogP contribution in [0.25, 0.3) is 0 Å². The number of hydrogen-bond acceptors (Lipinski definition) is 1. The van der Waals surface area contributed by atoms with E-state index in [-0.39, 0.29) is 32.7 Å². The second kappa shape index (κ2) is 3.94. The first kappa shape index (κ1) is 9.92. The van der Waals surface area contributed by atoms with Crippen LogP contribution < -0.4 is 4.73 Å². The van der Waals surface area contributed by atoms with Gasteiger partial charge < -0.3 is 0 Å². The fourth-order valence-electron chi connectivity index (χ4n) is 0.636. The van der Waals surface area contributed by atoms with Gasteiger partial charge in [0.1, 0.15) is 5.69 Å². The van der Waals surface area contributed by atoms with Crippen molar-refractivity contribution in [3.63, 3.8) is 0 Å². The molecule has 1 rings (SSSR count). The Bertz CT molecular complexity index is 205. The number of rotatable bonds is 0. The van der Waals surface area contributed by atoms with Gasteiger partial charge in [0, 0.05) is 32.7 Å². The predicted octanol–water partition coefficient (Wildman–Crippen LogP) is 0.700. The van der Waals surface area contributed by atoms with Crippen LogP contribution >= 0.6 is 0 Å². The van der Waals surface area contributed by atoms with Gasteiger partial charge in [0.25, 0.3) is 0 Å². The molecule has 0 aliphatic rings. The molecule has 0 atom stereocenters. The summed E-state index contributed by atoms with van der Waals surface area (Å²) in [7, 11) is 0. The first-order chi connectivity index (χ1) is 4.22. The van der Waals surface area contributed by atoms with Crippen LogP contribution in [0.15, 0.2) is 18.3 Å². The summed E-state index contributed by atoms with van der Waals surface area (Å²) >= 11 is 0. The van der Waals surface area contributed by atoms with Gasteiger partial charge in [-0.1, -0.05) is 0 Å². The van der Waals surface area contributed by atoms with Gasteiger partial charge in [0.2, 0.25) is 6.20 Å². The summed E-state index contributed by atoms with van der Waals surface area (Å²) in [5.41, 5.74) is 1.62. The Balaban J connectivity index is 0.000000810. The smallest absolute Gasteiger partial charge is 0.217 e. The first-order valence-electron chi connectivity index (χ1n) is 2.74. The Hall–Kier alpha value is -0.0761. The molecular weight excluding hydrogens is 203 g/mol. The average molecular weight is 212 g/mol. The van der Waals surface area contributed by atoms with Crippen LogP contribution in [0.2, 0.25) is 0 Å². The Labute approximate surface area is 85.7 Å². The molecule has 51 valence electrons. The van der Waals surface area contributed by atoms with Gasteiger partial charge in [-0.3, -0.25) is 5.21 Å². The van der Waals surface area contributed by atoms with Gasteiger partial charge in [0.15, 0.2) is 0 Å². The minimum atomic E-state index is 0. The Morgan fingerprint density at radius 3 is 2.60 bits per heavy atom. The topological polar surface area (TPSA) is 24.1 Å². The van der Waals surface area contributed by atoms with Gasteiger partial charge in [0.05, 0.1) is 0 Å². The van der Waals surface area contributed by atoms with Crippen LogP contribution in [0.4, 0.5) is 0 Å². The number of hydrogen-bond donors (Lipinski definition) is 1. The van der Waals surface area contributed by atoms with Crippen LogP contribution in [0.3, 0.4) is 0 Å². The summed E-state index contributed by atoms with van der Waals surface area (Å²) in [4.78, 5) is 0. The number of aromatic nitrogens is 1. The third-order valence-electron chi connectivity index (χ3n) is 1.31. The van der Waals surface area contributed by atoms with Crippen LogP contribution in [-0.2, 0) is 32.7 Å². The van der Waals surface area contributed by atoms with Gasteiger partial charge in [-0.2, -0.15) is 6.92 Å². The molecular formula is C7H9NOY. The van der Waals surface area contributed by atoms with Crippen molar-refractivity contribution < 1.29 is 42.6 Å². The molecule has 1 aromatic heterocycles. The first-order valence-corrected chi connectivity index (χ1v) is 2.74. The maximum Gasteiger partial charge on any atom is 0.217 e. The van der Waals surface area contributed by atoms with E-state index in [4.69, 9.17) is 5.21 Å². The van der Waals surface area contributed by atoms with Crippen molar-refractivity contribution in [3.8, 4) is 0 Å². The van der Waals surface area contributed by atoms with Crippen LogP contribution in [-0.4, -0.2) is 5.21 Å². The van der Waals surface area contributed by atoms with Gasteiger partial charge in [-0.25, -0.2) is 0 Å². The molecule has 0 fully saturated rings. The van der Waals surface area contributed by atoms with E-state index >= 15 is 0 Å². The standard InChI is InChI=1S/C7H9NO.Y/c1-6-4-3-5-8(9)7(6)2;/h3-5,9H,2H2,1H3;. The molecule has 0 aromatic carbocycles. The van der Waals surface area contributed by atoms with E-state index in [0.717, 1.165) is 10.3 Å². The molecule has 1 N–H and O–H groups in total. The summed E-state index contributed by atoms with van der Waals surface area (Å²) in [5, 5.41) is 8.95. The van der Waals surface area contributed by atoms with Gasteiger partial charge >= 0.3 is 0 Å². The van der Waals surface area contributed by atoms with E-state index in [1.165, 1.54) is 0 Å². The zero-order valence-corrected chi connectivity index (χ0v) is 8.75. The summed E-state index contributed by atoms with van der Waals surface area (Å²) in [6.45, 7) is 5.53. The zero-order chi connectivity index (χ0) is 6.85. The fraction of sp³-hybridized carbons (Fsp3) is 0.143. The van der Waals surface area contributed by atoms with Crippen molar-refractivity contribution in [2.24, 2.45) is 0 Å². The molecule has 1 radical (unpaired) electrons. The zero-order valence-electron chi connectivity index (χ0n) is 5.91. The minimum absolute atomic E-state index is 0. The van der Waals surface area contributed by atoms with E-state index in [0.29, 0.717) is 5.69 Å². The second-order valence-corrected chi connectivity index (χ2v) is 1.98. The van der Waals surface area contributed by atoms with Crippen LogP contribution in [0.5, 0.6) is 0 Å². The van der Waals surface area contributed by atoms with Crippen molar-refractivity contribution in [2.75, 3.05) is 0 Å². The van der Waals surface area contributed by atoms with Crippen molar-refractivity contribution in [3.05, 3.63) is 36.5 Å². The molecule has 0 saturated carbocycles. The molecule has 2 nitrogen and oxygen atoms in total. The molecule has 0 spiro atoms. The number of pyridine rings is 1. The number of aryl methyl sites for hydroxylation is 1. The summed E-state index contributed by atoms with van der Waals surface area (Å²) < 4.78 is 1.01. The predicted molar refractivity (Wildman–Crippen MR) is 33.0 cm³/mol. The molecule has 0 aliphatic heterocycles. The van der Waals surface area contributed by atoms with Gasteiger partial charge in [-0.15, -0.1) is 18.6 Å². The molecule has 1 heterocycles. The Kier molecular flexibility index (Phi) is 3.91. The minimum Gasteiger partial charge on any atom is -0.288 e. The fourth-order valence-corrected chi connectivity index (χ4v) is 0.636. The average Bonchev–Trinajstić information content (AvgIpc) is 1.83. The molecule has 0 bridgehead atoms. The third kappa shape index (κ3) is 1.96. The second-order valence-electron chi connectivity index (χ2n) is 1.98. The van der Waals surface area contributed by atoms with Crippen LogP contribution in [0, 0.1) is 13.8 Å². The Morgan fingerprint density at radius 1 is 1.60 bits per heavy atom. The summed E-state index contributed by atoms with van der Waals surface area (Å²) in [5.74, 6) is 0. The van der Waals surface area contributed by atoms with E-state index in [2.05, 4.69) is 6.92 Å². The maximum absolute atomic E-state index is 8.95. The maximum atomic E-state index is 8.95. The van der Waals surface area contributed by atoms with Crippen molar-refractivity contribution in [2.45, 2.75) is 6.92 Å². The van der Waals surface area contributed by atoms with Crippen molar-refractivity contribution >= 4 is 0 Å². The monoisotopic (exact) mass is 212 g/mol. The number of nitrogens with zero attached hydrogens (tertiary/aromatic N) is 1. The molecule has 0 saturated heterocycles. The summed E-state index contributed by atoms with van der Waals surface area (Å²) in [6.07, 6.45) is 1.55. The van der Waals surface area contributed by atoms with Crippen molar-refractivity contribution in [1.29, 1.82) is 0 Å². The molecule has 1 aromatic rings. The largest absolute Gasteiger partial charge is 0.288 e. The molecule has 0 amide bonds. The van der Waals surface area contributed by atoms with E-state index in [1.54, 1.807) is 12.3 Å². The van der Waals surface area contributed by atoms with Gasteiger partial charge in [-0.05, 0) is 10.8 Å². The third-order valence-corrected chi connectivity index (χ3v) is 1.31. The van der Waals surface area contributed by atoms with E-state index < -0.39 is 0 Å². The summed E-state index contributed by atoms with van der Waals surface area (Å²) in [6, 6.07) is 3.67. The Morgan fingerprint density at radius 2 is 2.20 bits per heavy atom. The van der Waals surface area contributed by atoms with E-state index in [9.17, 15) is 0 Å². The molecule has 0 unspecified atom stereocenters. The normalized spacial score (nSPS) is 8.50. The molecule has 0 aliphatic carbocycles. The van der Waals surface area contributed by atoms with Crippen LogP contribution in [0.1, 0.15) is 11.3 Å². The quantitative estimate of drug-likeness (QED) is 0.382. The molecule has 10 heavy (non-hydrogen) atoms. The van der Waals surface area contributed by atoms with Crippen molar-refractivity contribution in [1.82, 2.24) is 0 Å². The van der Waals surface area contributed by atoms with E-state index in [1.807, 2.05) is 13.0 Å².